The first-order valence-corrected chi connectivity index (χ1v) is 8.78. The molecule has 0 amide bonds. The van der Waals surface area contributed by atoms with Crippen LogP contribution in [0.4, 0.5) is 0 Å². The Hall–Kier alpha value is -3.61. The van der Waals surface area contributed by atoms with Crippen molar-refractivity contribution in [3.63, 3.8) is 0 Å². The number of nitrogens with zero attached hydrogens (tertiary/aromatic N) is 3. The van der Waals surface area contributed by atoms with Crippen molar-refractivity contribution < 1.29 is 14.2 Å². The molecule has 1 aliphatic rings. The number of hydrogen-bond acceptors (Lipinski definition) is 6. The van der Waals surface area contributed by atoms with Crippen LogP contribution in [0.1, 0.15) is 5.56 Å². The molecule has 1 aliphatic heterocycles. The molecule has 0 radical (unpaired) electrons. The maximum absolute atomic E-state index is 13.3. The van der Waals surface area contributed by atoms with Gasteiger partial charge in [-0.05, 0) is 18.2 Å². The maximum Gasteiger partial charge on any atom is 0.262 e. The minimum Gasteiger partial charge on any atom is -0.493 e. The third-order valence-electron chi connectivity index (χ3n) is 5.10. The van der Waals surface area contributed by atoms with Gasteiger partial charge in [-0.25, -0.2) is 9.97 Å². The van der Waals surface area contributed by atoms with Gasteiger partial charge in [0.1, 0.15) is 11.2 Å². The van der Waals surface area contributed by atoms with E-state index in [1.54, 1.807) is 10.6 Å². The first-order valence-electron chi connectivity index (χ1n) is 8.78. The average molecular weight is 375 g/mol. The topological polar surface area (TPSA) is 75.5 Å². The fraction of sp³-hybridized carbons (Fsp3) is 0.190. The van der Waals surface area contributed by atoms with Crippen LogP contribution in [0.25, 0.3) is 33.3 Å². The zero-order valence-electron chi connectivity index (χ0n) is 15.6. The number of rotatable bonds is 3. The molecule has 7 nitrogen and oxygen atoms in total. The molecule has 0 saturated carbocycles. The highest BCUT2D eigenvalue weighted by Crippen LogP contribution is 2.43. The van der Waals surface area contributed by atoms with Crippen molar-refractivity contribution in [2.24, 2.45) is 0 Å². The number of methoxy groups -OCH3 is 3. The van der Waals surface area contributed by atoms with E-state index in [4.69, 9.17) is 24.2 Å². The molecule has 2 aromatic carbocycles. The molecule has 0 N–H and O–H groups in total. The summed E-state index contributed by atoms with van der Waals surface area (Å²) >= 11 is 0. The van der Waals surface area contributed by atoms with Crippen molar-refractivity contribution in [1.29, 1.82) is 0 Å². The third-order valence-corrected chi connectivity index (χ3v) is 5.10. The van der Waals surface area contributed by atoms with Gasteiger partial charge in [0, 0.05) is 10.9 Å². The van der Waals surface area contributed by atoms with Crippen LogP contribution in [0.5, 0.6) is 17.2 Å². The Balaban J connectivity index is 1.87. The van der Waals surface area contributed by atoms with E-state index in [1.165, 1.54) is 21.3 Å². The predicted molar refractivity (Wildman–Crippen MR) is 105 cm³/mol. The highest BCUT2D eigenvalue weighted by atomic mass is 16.5. The Kier molecular flexibility index (Phi) is 3.52. The van der Waals surface area contributed by atoms with Gasteiger partial charge in [0.2, 0.25) is 5.75 Å². The fourth-order valence-electron chi connectivity index (χ4n) is 3.79. The van der Waals surface area contributed by atoms with Gasteiger partial charge < -0.3 is 14.2 Å². The fourth-order valence-corrected chi connectivity index (χ4v) is 3.79. The first-order chi connectivity index (χ1) is 13.7. The zero-order chi connectivity index (χ0) is 19.4. The minimum atomic E-state index is -0.165. The van der Waals surface area contributed by atoms with Gasteiger partial charge in [-0.2, -0.15) is 0 Å². The maximum atomic E-state index is 13.3. The van der Waals surface area contributed by atoms with Gasteiger partial charge in [0.25, 0.3) is 5.56 Å². The van der Waals surface area contributed by atoms with Crippen molar-refractivity contribution in [1.82, 2.24) is 14.5 Å². The Morgan fingerprint density at radius 3 is 2.50 bits per heavy atom. The van der Waals surface area contributed by atoms with Gasteiger partial charge in [-0.15, -0.1) is 0 Å². The standard InChI is InChI=1S/C21H17N3O4/c1-26-15-9-13-17(19(28-3)18(15)27-2)23-20-16-12(10-24(20)21(13)25)8-11-6-4-5-7-14(11)22-16/h4-9H,10H2,1-3H3. The molecule has 0 saturated heterocycles. The summed E-state index contributed by atoms with van der Waals surface area (Å²) in [6, 6.07) is 11.6. The molecule has 3 heterocycles. The summed E-state index contributed by atoms with van der Waals surface area (Å²) in [5, 5.41) is 1.45. The number of fused-ring (bicyclic) bond motifs is 5. The summed E-state index contributed by atoms with van der Waals surface area (Å²) in [6.45, 7) is 0.431. The lowest BCUT2D eigenvalue weighted by atomic mass is 10.1. The van der Waals surface area contributed by atoms with E-state index < -0.39 is 0 Å². The van der Waals surface area contributed by atoms with Gasteiger partial charge in [0.05, 0.1) is 38.8 Å². The van der Waals surface area contributed by atoms with E-state index in [-0.39, 0.29) is 5.56 Å². The second-order valence-corrected chi connectivity index (χ2v) is 6.56. The van der Waals surface area contributed by atoms with Crippen molar-refractivity contribution in [3.05, 3.63) is 52.3 Å². The molecular formula is C21H17N3O4. The van der Waals surface area contributed by atoms with E-state index in [0.717, 1.165) is 22.2 Å². The molecular weight excluding hydrogens is 358 g/mol. The van der Waals surface area contributed by atoms with Crippen LogP contribution < -0.4 is 19.8 Å². The minimum absolute atomic E-state index is 0.165. The monoisotopic (exact) mass is 375 g/mol. The Labute approximate surface area is 160 Å². The second-order valence-electron chi connectivity index (χ2n) is 6.56. The van der Waals surface area contributed by atoms with Crippen molar-refractivity contribution >= 4 is 21.8 Å². The quantitative estimate of drug-likeness (QED) is 0.483. The molecule has 0 unspecified atom stereocenters. The molecule has 4 aromatic rings. The Morgan fingerprint density at radius 2 is 1.75 bits per heavy atom. The van der Waals surface area contributed by atoms with Gasteiger partial charge >= 0.3 is 0 Å². The first kappa shape index (κ1) is 16.6. The smallest absolute Gasteiger partial charge is 0.262 e. The van der Waals surface area contributed by atoms with Crippen LogP contribution in [0.15, 0.2) is 41.2 Å². The molecule has 7 heteroatoms. The number of pyridine rings is 1. The number of aromatic nitrogens is 3. The summed E-state index contributed by atoms with van der Waals surface area (Å²) in [4.78, 5) is 22.8. The lowest BCUT2D eigenvalue weighted by molar-refractivity contribution is 0.326. The Morgan fingerprint density at radius 1 is 0.964 bits per heavy atom. The van der Waals surface area contributed by atoms with E-state index in [9.17, 15) is 4.79 Å². The molecule has 0 atom stereocenters. The van der Waals surface area contributed by atoms with Gasteiger partial charge in [-0.3, -0.25) is 9.36 Å². The van der Waals surface area contributed by atoms with Crippen LogP contribution in [-0.4, -0.2) is 35.9 Å². The molecule has 0 spiro atoms. The van der Waals surface area contributed by atoms with Gasteiger partial charge in [0.15, 0.2) is 17.3 Å². The van der Waals surface area contributed by atoms with Crippen LogP contribution in [0, 0.1) is 0 Å². The lowest BCUT2D eigenvalue weighted by Gasteiger charge is -2.15. The molecule has 0 bridgehead atoms. The number of para-hydroxylation sites is 1. The van der Waals surface area contributed by atoms with E-state index in [1.807, 2.05) is 24.3 Å². The van der Waals surface area contributed by atoms with E-state index in [0.29, 0.717) is 40.5 Å². The summed E-state index contributed by atoms with van der Waals surface area (Å²) in [5.74, 6) is 1.72. The molecule has 0 fully saturated rings. The highest BCUT2D eigenvalue weighted by molar-refractivity contribution is 5.91. The van der Waals surface area contributed by atoms with Crippen LogP contribution in [0.2, 0.25) is 0 Å². The Bertz CT molecular complexity index is 1330. The summed E-state index contributed by atoms with van der Waals surface area (Å²) in [5.41, 5.74) is 2.81. The molecule has 140 valence electrons. The SMILES string of the molecule is COc1cc2c(=O)n3c(nc2c(OC)c1OC)-c1nc2ccccc2cc1C3. The molecule has 5 rings (SSSR count). The number of hydrogen-bond donors (Lipinski definition) is 0. The second kappa shape index (κ2) is 5.95. The van der Waals surface area contributed by atoms with Crippen molar-refractivity contribution in [2.45, 2.75) is 6.54 Å². The summed E-state index contributed by atoms with van der Waals surface area (Å²) in [6.07, 6.45) is 0. The summed E-state index contributed by atoms with van der Waals surface area (Å²) < 4.78 is 18.0. The zero-order valence-corrected chi connectivity index (χ0v) is 15.6. The summed E-state index contributed by atoms with van der Waals surface area (Å²) in [7, 11) is 4.56. The van der Waals surface area contributed by atoms with Crippen LogP contribution in [-0.2, 0) is 6.54 Å². The average Bonchev–Trinajstić information content (AvgIpc) is 3.08. The molecule has 28 heavy (non-hydrogen) atoms. The number of benzene rings is 2. The van der Waals surface area contributed by atoms with Gasteiger partial charge in [-0.1, -0.05) is 18.2 Å². The molecule has 0 aliphatic carbocycles. The lowest BCUT2D eigenvalue weighted by Crippen LogP contribution is -2.20. The number of ether oxygens (including phenoxy) is 3. The molecule has 2 aromatic heterocycles. The van der Waals surface area contributed by atoms with E-state index >= 15 is 0 Å². The van der Waals surface area contributed by atoms with Crippen LogP contribution >= 0.6 is 0 Å². The highest BCUT2D eigenvalue weighted by Gasteiger charge is 2.27. The van der Waals surface area contributed by atoms with Crippen LogP contribution in [0.3, 0.4) is 0 Å². The largest absolute Gasteiger partial charge is 0.493 e. The van der Waals surface area contributed by atoms with E-state index in [2.05, 4.69) is 6.07 Å². The normalized spacial score (nSPS) is 12.1. The third kappa shape index (κ3) is 2.13. The predicted octanol–water partition coefficient (Wildman–Crippen LogP) is 3.00. The van der Waals surface area contributed by atoms with Crippen molar-refractivity contribution in [3.8, 4) is 28.8 Å². The van der Waals surface area contributed by atoms with Crippen molar-refractivity contribution in [2.75, 3.05) is 21.3 Å².